The zero-order valence-electron chi connectivity index (χ0n) is 7.35. The van der Waals surface area contributed by atoms with Crippen LogP contribution in [0.2, 0.25) is 0 Å². The molecule has 0 spiro atoms. The number of rotatable bonds is 2. The summed E-state index contributed by atoms with van der Waals surface area (Å²) in [5, 5.41) is 8.75. The van der Waals surface area contributed by atoms with Crippen molar-refractivity contribution in [3.8, 4) is 11.3 Å². The minimum atomic E-state index is -1.23. The number of aromatic carboxylic acids is 1. The number of oxazole rings is 1. The second-order valence-corrected chi connectivity index (χ2v) is 2.70. The molecule has 0 atom stereocenters. The van der Waals surface area contributed by atoms with Gasteiger partial charge in [0, 0.05) is 17.8 Å². The standard InChI is InChI=1S/C9H5FN2O3/c10-6-3-5(1-2-11-6)8-7(9(13)14)12-4-15-8/h1-4H,(H,13,14). The lowest BCUT2D eigenvalue weighted by molar-refractivity contribution is 0.0691. The van der Waals surface area contributed by atoms with E-state index in [2.05, 4.69) is 9.97 Å². The van der Waals surface area contributed by atoms with Gasteiger partial charge in [0.1, 0.15) is 0 Å². The fourth-order valence-corrected chi connectivity index (χ4v) is 1.15. The Bertz CT molecular complexity index is 510. The quantitative estimate of drug-likeness (QED) is 0.758. The zero-order chi connectivity index (χ0) is 10.8. The van der Waals surface area contributed by atoms with E-state index in [9.17, 15) is 9.18 Å². The highest BCUT2D eigenvalue weighted by molar-refractivity contribution is 5.91. The van der Waals surface area contributed by atoms with Gasteiger partial charge in [-0.15, -0.1) is 0 Å². The van der Waals surface area contributed by atoms with Crippen molar-refractivity contribution in [3.05, 3.63) is 36.4 Å². The zero-order valence-corrected chi connectivity index (χ0v) is 7.35. The summed E-state index contributed by atoms with van der Waals surface area (Å²) >= 11 is 0. The van der Waals surface area contributed by atoms with E-state index in [1.165, 1.54) is 12.3 Å². The van der Waals surface area contributed by atoms with Crippen molar-refractivity contribution in [1.82, 2.24) is 9.97 Å². The number of hydrogen-bond acceptors (Lipinski definition) is 4. The van der Waals surface area contributed by atoms with Crippen molar-refractivity contribution in [1.29, 1.82) is 0 Å². The Kier molecular flexibility index (Phi) is 2.17. The number of nitrogens with zero attached hydrogens (tertiary/aromatic N) is 2. The van der Waals surface area contributed by atoms with Crippen LogP contribution in [0.5, 0.6) is 0 Å². The topological polar surface area (TPSA) is 76.2 Å². The van der Waals surface area contributed by atoms with Crippen LogP contribution in [0.3, 0.4) is 0 Å². The molecule has 2 rings (SSSR count). The Labute approximate surface area is 83.2 Å². The van der Waals surface area contributed by atoms with Gasteiger partial charge in [-0.25, -0.2) is 14.8 Å². The summed E-state index contributed by atoms with van der Waals surface area (Å²) < 4.78 is 17.7. The average molecular weight is 208 g/mol. The fraction of sp³-hybridized carbons (Fsp3) is 0. The molecule has 0 saturated heterocycles. The number of carboxylic acids is 1. The summed E-state index contributed by atoms with van der Waals surface area (Å²) in [6.07, 6.45) is 2.22. The van der Waals surface area contributed by atoms with Gasteiger partial charge in [-0.05, 0) is 6.07 Å². The first-order chi connectivity index (χ1) is 7.18. The van der Waals surface area contributed by atoms with Gasteiger partial charge in [0.25, 0.3) is 0 Å². The van der Waals surface area contributed by atoms with Crippen molar-refractivity contribution >= 4 is 5.97 Å². The summed E-state index contributed by atoms with van der Waals surface area (Å²) in [6.45, 7) is 0. The Morgan fingerprint density at radius 1 is 1.47 bits per heavy atom. The van der Waals surface area contributed by atoms with Crippen LogP contribution in [0.1, 0.15) is 10.5 Å². The molecule has 6 heteroatoms. The summed E-state index contributed by atoms with van der Waals surface area (Å²) in [4.78, 5) is 17.6. The van der Waals surface area contributed by atoms with E-state index in [4.69, 9.17) is 9.52 Å². The van der Waals surface area contributed by atoms with Crippen molar-refractivity contribution in [2.24, 2.45) is 0 Å². The molecule has 15 heavy (non-hydrogen) atoms. The maximum atomic E-state index is 12.8. The van der Waals surface area contributed by atoms with E-state index in [1.54, 1.807) is 0 Å². The molecule has 0 unspecified atom stereocenters. The smallest absolute Gasteiger partial charge is 0.358 e. The van der Waals surface area contributed by atoms with Crippen LogP contribution in [0, 0.1) is 5.95 Å². The first-order valence-corrected chi connectivity index (χ1v) is 3.97. The predicted molar refractivity (Wildman–Crippen MR) is 46.7 cm³/mol. The number of aromatic nitrogens is 2. The third-order valence-electron chi connectivity index (χ3n) is 1.76. The van der Waals surface area contributed by atoms with Crippen molar-refractivity contribution in [2.45, 2.75) is 0 Å². The molecule has 0 bridgehead atoms. The van der Waals surface area contributed by atoms with Gasteiger partial charge in [-0.3, -0.25) is 0 Å². The number of halogens is 1. The SMILES string of the molecule is O=C(O)c1ncoc1-c1ccnc(F)c1. The summed E-state index contributed by atoms with van der Waals surface area (Å²) in [5.41, 5.74) is 0.0398. The first-order valence-electron chi connectivity index (χ1n) is 3.97. The molecular formula is C9H5FN2O3. The van der Waals surface area contributed by atoms with Crippen molar-refractivity contribution in [2.75, 3.05) is 0 Å². The number of pyridine rings is 1. The van der Waals surface area contributed by atoms with Gasteiger partial charge < -0.3 is 9.52 Å². The summed E-state index contributed by atoms with van der Waals surface area (Å²) in [5.74, 6) is -1.92. The molecule has 76 valence electrons. The average Bonchev–Trinajstić information content (AvgIpc) is 2.65. The Balaban J connectivity index is 2.54. The largest absolute Gasteiger partial charge is 0.476 e. The molecule has 0 aromatic carbocycles. The minimum absolute atomic E-state index is 0.0174. The molecule has 0 saturated carbocycles. The van der Waals surface area contributed by atoms with Crippen LogP contribution in [0.25, 0.3) is 11.3 Å². The van der Waals surface area contributed by atoms with Crippen LogP contribution in [-0.2, 0) is 0 Å². The Hall–Kier alpha value is -2.24. The van der Waals surface area contributed by atoms with Gasteiger partial charge in [0.2, 0.25) is 5.95 Å². The molecule has 0 fully saturated rings. The molecule has 0 aliphatic heterocycles. The molecule has 5 nitrogen and oxygen atoms in total. The van der Waals surface area contributed by atoms with Crippen LogP contribution >= 0.6 is 0 Å². The van der Waals surface area contributed by atoms with Gasteiger partial charge in [-0.1, -0.05) is 0 Å². The first kappa shape index (κ1) is 9.32. The second kappa shape index (κ2) is 3.49. The minimum Gasteiger partial charge on any atom is -0.476 e. The number of hydrogen-bond donors (Lipinski definition) is 1. The van der Waals surface area contributed by atoms with Gasteiger partial charge >= 0.3 is 5.97 Å². The van der Waals surface area contributed by atoms with Crippen molar-refractivity contribution < 1.29 is 18.7 Å². The number of carboxylic acid groups (broad SMARTS) is 1. The molecule has 0 aliphatic carbocycles. The Morgan fingerprint density at radius 2 is 2.27 bits per heavy atom. The van der Waals surface area contributed by atoms with Gasteiger partial charge in [0.15, 0.2) is 17.8 Å². The van der Waals surface area contributed by atoms with Gasteiger partial charge in [0.05, 0.1) is 0 Å². The molecule has 0 aliphatic rings. The fourth-order valence-electron chi connectivity index (χ4n) is 1.15. The third-order valence-corrected chi connectivity index (χ3v) is 1.76. The van der Waals surface area contributed by atoms with E-state index in [-0.39, 0.29) is 17.0 Å². The highest BCUT2D eigenvalue weighted by atomic mass is 19.1. The number of carbonyl (C=O) groups is 1. The van der Waals surface area contributed by atoms with E-state index in [0.29, 0.717) is 0 Å². The summed E-state index contributed by atoms with van der Waals surface area (Å²) in [6, 6.07) is 2.52. The maximum absolute atomic E-state index is 12.8. The highest BCUT2D eigenvalue weighted by Crippen LogP contribution is 2.22. The third kappa shape index (κ3) is 1.69. The second-order valence-electron chi connectivity index (χ2n) is 2.70. The molecular weight excluding hydrogens is 203 g/mol. The van der Waals surface area contributed by atoms with E-state index < -0.39 is 11.9 Å². The van der Waals surface area contributed by atoms with E-state index >= 15 is 0 Å². The maximum Gasteiger partial charge on any atom is 0.358 e. The lowest BCUT2D eigenvalue weighted by Crippen LogP contribution is -1.98. The van der Waals surface area contributed by atoms with Crippen LogP contribution in [0.4, 0.5) is 4.39 Å². The molecule has 2 heterocycles. The monoisotopic (exact) mass is 208 g/mol. The van der Waals surface area contributed by atoms with Crippen molar-refractivity contribution in [3.63, 3.8) is 0 Å². The molecule has 1 N–H and O–H groups in total. The lowest BCUT2D eigenvalue weighted by atomic mass is 10.2. The van der Waals surface area contributed by atoms with E-state index in [0.717, 1.165) is 12.5 Å². The van der Waals surface area contributed by atoms with Crippen LogP contribution < -0.4 is 0 Å². The van der Waals surface area contributed by atoms with Gasteiger partial charge in [-0.2, -0.15) is 4.39 Å². The predicted octanol–water partition coefficient (Wildman–Crippen LogP) is 1.57. The molecule has 0 radical (unpaired) electrons. The van der Waals surface area contributed by atoms with Crippen LogP contribution in [-0.4, -0.2) is 21.0 Å². The molecule has 2 aromatic rings. The normalized spacial score (nSPS) is 10.2. The highest BCUT2D eigenvalue weighted by Gasteiger charge is 2.17. The van der Waals surface area contributed by atoms with E-state index in [1.807, 2.05) is 0 Å². The van der Waals surface area contributed by atoms with Crippen LogP contribution in [0.15, 0.2) is 29.1 Å². The lowest BCUT2D eigenvalue weighted by Gasteiger charge is -1.96. The molecule has 0 amide bonds. The summed E-state index contributed by atoms with van der Waals surface area (Å²) in [7, 11) is 0. The molecule has 2 aromatic heterocycles. The Morgan fingerprint density at radius 3 is 2.93 bits per heavy atom.